The molecule has 1 aromatic rings. The standard InChI is InChI=1S/C11H14N2OS/c1-9(6-12)7-13(2)8-10(14)11-4-3-5-15-11/h3-5,9H,7-8H2,1-2H3. The molecule has 0 aromatic carbocycles. The predicted molar refractivity (Wildman–Crippen MR) is 60.9 cm³/mol. The fourth-order valence-electron chi connectivity index (χ4n) is 1.33. The summed E-state index contributed by atoms with van der Waals surface area (Å²) in [6.45, 7) is 2.87. The van der Waals surface area contributed by atoms with Gasteiger partial charge in [0.1, 0.15) is 0 Å². The molecule has 1 rings (SSSR count). The van der Waals surface area contributed by atoms with E-state index in [-0.39, 0.29) is 11.7 Å². The molecule has 0 saturated carbocycles. The zero-order valence-electron chi connectivity index (χ0n) is 8.93. The van der Waals surface area contributed by atoms with Crippen LogP contribution in [0.1, 0.15) is 16.6 Å². The van der Waals surface area contributed by atoms with Crippen molar-refractivity contribution in [2.75, 3.05) is 20.1 Å². The van der Waals surface area contributed by atoms with Crippen molar-refractivity contribution in [1.29, 1.82) is 5.26 Å². The summed E-state index contributed by atoms with van der Waals surface area (Å²) >= 11 is 1.46. The number of nitrogens with zero attached hydrogens (tertiary/aromatic N) is 2. The molecule has 80 valence electrons. The van der Waals surface area contributed by atoms with Crippen molar-refractivity contribution < 1.29 is 4.79 Å². The van der Waals surface area contributed by atoms with Crippen LogP contribution in [0.2, 0.25) is 0 Å². The first-order valence-corrected chi connectivity index (χ1v) is 5.66. The summed E-state index contributed by atoms with van der Waals surface area (Å²) in [7, 11) is 1.86. The average molecular weight is 222 g/mol. The molecule has 1 atom stereocenters. The van der Waals surface area contributed by atoms with Crippen LogP contribution in [0, 0.1) is 17.2 Å². The van der Waals surface area contributed by atoms with E-state index < -0.39 is 0 Å². The normalized spacial score (nSPS) is 12.4. The van der Waals surface area contributed by atoms with Gasteiger partial charge in [0, 0.05) is 6.54 Å². The third-order valence-corrected chi connectivity index (χ3v) is 2.93. The van der Waals surface area contributed by atoms with Crippen LogP contribution in [-0.4, -0.2) is 30.8 Å². The van der Waals surface area contributed by atoms with Crippen LogP contribution in [0.25, 0.3) is 0 Å². The van der Waals surface area contributed by atoms with Crippen molar-refractivity contribution in [2.24, 2.45) is 5.92 Å². The molecule has 1 aromatic heterocycles. The summed E-state index contributed by atoms with van der Waals surface area (Å²) in [6, 6.07) is 5.85. The number of rotatable bonds is 5. The van der Waals surface area contributed by atoms with Crippen molar-refractivity contribution in [2.45, 2.75) is 6.92 Å². The van der Waals surface area contributed by atoms with Gasteiger partial charge >= 0.3 is 0 Å². The lowest BCUT2D eigenvalue weighted by Crippen LogP contribution is -2.29. The lowest BCUT2D eigenvalue weighted by Gasteiger charge is -2.16. The van der Waals surface area contributed by atoms with E-state index in [1.807, 2.05) is 36.4 Å². The van der Waals surface area contributed by atoms with Crippen LogP contribution in [0.5, 0.6) is 0 Å². The van der Waals surface area contributed by atoms with Gasteiger partial charge in [-0.05, 0) is 25.4 Å². The molecule has 0 fully saturated rings. The molecule has 4 heteroatoms. The van der Waals surface area contributed by atoms with E-state index in [2.05, 4.69) is 6.07 Å². The molecule has 0 N–H and O–H groups in total. The summed E-state index contributed by atoms with van der Waals surface area (Å²) in [6.07, 6.45) is 0. The minimum absolute atomic E-state index is 0.0360. The highest BCUT2D eigenvalue weighted by Gasteiger charge is 2.11. The van der Waals surface area contributed by atoms with Crippen molar-refractivity contribution in [3.8, 4) is 6.07 Å². The first kappa shape index (κ1) is 11.9. The quantitative estimate of drug-likeness (QED) is 0.716. The van der Waals surface area contributed by atoms with E-state index in [1.54, 1.807) is 0 Å². The van der Waals surface area contributed by atoms with Gasteiger partial charge < -0.3 is 0 Å². The first-order valence-electron chi connectivity index (χ1n) is 4.78. The highest BCUT2D eigenvalue weighted by atomic mass is 32.1. The molecule has 0 radical (unpaired) electrons. The number of carbonyl (C=O) groups is 1. The fourth-order valence-corrected chi connectivity index (χ4v) is 1.99. The molecule has 0 spiro atoms. The Kier molecular flexibility index (Phi) is 4.47. The summed E-state index contributed by atoms with van der Waals surface area (Å²) in [5.74, 6) is 0.0868. The number of hydrogen-bond donors (Lipinski definition) is 0. The SMILES string of the molecule is CC(C#N)CN(C)CC(=O)c1cccs1. The zero-order valence-corrected chi connectivity index (χ0v) is 9.75. The monoisotopic (exact) mass is 222 g/mol. The number of nitriles is 1. The van der Waals surface area contributed by atoms with Gasteiger partial charge in [0.05, 0.1) is 23.4 Å². The Morgan fingerprint density at radius 1 is 1.73 bits per heavy atom. The van der Waals surface area contributed by atoms with Gasteiger partial charge in [-0.15, -0.1) is 11.3 Å². The molecule has 1 heterocycles. The number of thiophene rings is 1. The van der Waals surface area contributed by atoms with E-state index in [9.17, 15) is 4.79 Å². The van der Waals surface area contributed by atoms with E-state index in [1.165, 1.54) is 11.3 Å². The van der Waals surface area contributed by atoms with Crippen molar-refractivity contribution in [3.63, 3.8) is 0 Å². The third kappa shape index (κ3) is 3.82. The second-order valence-corrected chi connectivity index (χ2v) is 4.58. The van der Waals surface area contributed by atoms with Crippen molar-refractivity contribution >= 4 is 17.1 Å². The van der Waals surface area contributed by atoms with Crippen LogP contribution < -0.4 is 0 Å². The van der Waals surface area contributed by atoms with Gasteiger partial charge in [-0.25, -0.2) is 0 Å². The maximum atomic E-state index is 11.7. The van der Waals surface area contributed by atoms with Crippen LogP contribution in [0.3, 0.4) is 0 Å². The molecular formula is C11H14N2OS. The van der Waals surface area contributed by atoms with Crippen molar-refractivity contribution in [3.05, 3.63) is 22.4 Å². The highest BCUT2D eigenvalue weighted by Crippen LogP contribution is 2.10. The van der Waals surface area contributed by atoms with Gasteiger partial charge in [-0.3, -0.25) is 9.69 Å². The fraction of sp³-hybridized carbons (Fsp3) is 0.455. The second kappa shape index (κ2) is 5.64. The van der Waals surface area contributed by atoms with Crippen LogP contribution in [-0.2, 0) is 0 Å². The Labute approximate surface area is 93.9 Å². The lowest BCUT2D eigenvalue weighted by molar-refractivity contribution is 0.0947. The first-order chi connectivity index (χ1) is 7.13. The van der Waals surface area contributed by atoms with Crippen molar-refractivity contribution in [1.82, 2.24) is 4.90 Å². The maximum Gasteiger partial charge on any atom is 0.186 e. The predicted octanol–water partition coefficient (Wildman–Crippen LogP) is 2.02. The Bertz CT molecular complexity index is 353. The van der Waals surface area contributed by atoms with Gasteiger partial charge in [-0.2, -0.15) is 5.26 Å². The van der Waals surface area contributed by atoms with E-state index in [0.717, 1.165) is 4.88 Å². The number of carbonyl (C=O) groups excluding carboxylic acids is 1. The topological polar surface area (TPSA) is 44.1 Å². The van der Waals surface area contributed by atoms with Gasteiger partial charge in [0.2, 0.25) is 0 Å². The minimum atomic E-state index is -0.0360. The van der Waals surface area contributed by atoms with Gasteiger partial charge in [0.15, 0.2) is 5.78 Å². The summed E-state index contributed by atoms with van der Waals surface area (Å²) in [4.78, 5) is 14.3. The second-order valence-electron chi connectivity index (χ2n) is 3.63. The molecule has 0 aliphatic heterocycles. The molecule has 1 unspecified atom stereocenters. The zero-order chi connectivity index (χ0) is 11.3. The van der Waals surface area contributed by atoms with Gasteiger partial charge in [-0.1, -0.05) is 6.07 Å². The number of ketones is 1. The lowest BCUT2D eigenvalue weighted by atomic mass is 10.2. The largest absolute Gasteiger partial charge is 0.298 e. The number of likely N-dealkylation sites (N-methyl/N-ethyl adjacent to an activating group) is 1. The van der Waals surface area contributed by atoms with Crippen LogP contribution in [0.15, 0.2) is 17.5 Å². The van der Waals surface area contributed by atoms with E-state index >= 15 is 0 Å². The molecule has 0 aliphatic rings. The van der Waals surface area contributed by atoms with Gasteiger partial charge in [0.25, 0.3) is 0 Å². The Balaban J connectivity index is 2.42. The molecule has 0 saturated heterocycles. The third-order valence-electron chi connectivity index (χ3n) is 2.02. The molecule has 0 aliphatic carbocycles. The Morgan fingerprint density at radius 2 is 2.47 bits per heavy atom. The summed E-state index contributed by atoms with van der Waals surface area (Å²) in [5, 5.41) is 10.5. The Morgan fingerprint density at radius 3 is 3.00 bits per heavy atom. The Hall–Kier alpha value is -1.18. The van der Waals surface area contributed by atoms with Crippen LogP contribution in [0.4, 0.5) is 0 Å². The highest BCUT2D eigenvalue weighted by molar-refractivity contribution is 7.12. The molecule has 0 bridgehead atoms. The minimum Gasteiger partial charge on any atom is -0.298 e. The molecule has 3 nitrogen and oxygen atoms in total. The van der Waals surface area contributed by atoms with E-state index in [0.29, 0.717) is 13.1 Å². The smallest absolute Gasteiger partial charge is 0.186 e. The summed E-state index contributed by atoms with van der Waals surface area (Å²) < 4.78 is 0. The average Bonchev–Trinajstić information content (AvgIpc) is 2.70. The molecular weight excluding hydrogens is 208 g/mol. The number of hydrogen-bond acceptors (Lipinski definition) is 4. The molecule has 0 amide bonds. The molecule has 15 heavy (non-hydrogen) atoms. The number of Topliss-reactive ketones (excluding diaryl/α,β-unsaturated/α-hetero) is 1. The summed E-state index contributed by atoms with van der Waals surface area (Å²) in [5.41, 5.74) is 0. The maximum absolute atomic E-state index is 11.7. The van der Waals surface area contributed by atoms with E-state index in [4.69, 9.17) is 5.26 Å². The van der Waals surface area contributed by atoms with Crippen LogP contribution >= 0.6 is 11.3 Å².